The fourth-order valence-electron chi connectivity index (χ4n) is 2.55. The molecule has 0 saturated carbocycles. The van der Waals surface area contributed by atoms with Crippen molar-refractivity contribution in [3.8, 4) is 0 Å². The quantitative estimate of drug-likeness (QED) is 0.795. The number of hydrogen-bond donors (Lipinski definition) is 1. The average molecular weight is 253 g/mol. The van der Waals surface area contributed by atoms with Gasteiger partial charge in [-0.05, 0) is 48.5 Å². The van der Waals surface area contributed by atoms with E-state index in [9.17, 15) is 0 Å². The normalized spacial score (nSPS) is 15.8. The van der Waals surface area contributed by atoms with Gasteiger partial charge in [-0.3, -0.25) is 0 Å². The Kier molecular flexibility index (Phi) is 5.68. The van der Waals surface area contributed by atoms with Crippen molar-refractivity contribution in [1.29, 1.82) is 0 Å². The highest BCUT2D eigenvalue weighted by molar-refractivity contribution is 7.09. The molecule has 2 N–H and O–H groups in total. The van der Waals surface area contributed by atoms with Crippen molar-refractivity contribution in [3.05, 3.63) is 22.4 Å². The zero-order valence-electron chi connectivity index (χ0n) is 11.7. The van der Waals surface area contributed by atoms with Gasteiger partial charge in [0.2, 0.25) is 0 Å². The molecule has 1 heterocycles. The number of thiophene rings is 1. The Morgan fingerprint density at radius 2 is 2.06 bits per heavy atom. The van der Waals surface area contributed by atoms with E-state index in [1.807, 2.05) is 11.3 Å². The molecule has 0 radical (unpaired) electrons. The summed E-state index contributed by atoms with van der Waals surface area (Å²) in [6.07, 6.45) is 4.68. The highest BCUT2D eigenvalue weighted by Gasteiger charge is 2.17. The summed E-state index contributed by atoms with van der Waals surface area (Å²) >= 11 is 1.84. The van der Waals surface area contributed by atoms with Gasteiger partial charge in [-0.2, -0.15) is 0 Å². The Labute approximate surface area is 110 Å². The third-order valence-electron chi connectivity index (χ3n) is 3.01. The molecule has 1 aromatic rings. The van der Waals surface area contributed by atoms with Crippen molar-refractivity contribution >= 4 is 11.3 Å². The van der Waals surface area contributed by atoms with Crippen LogP contribution in [0.2, 0.25) is 0 Å². The van der Waals surface area contributed by atoms with Crippen molar-refractivity contribution in [3.63, 3.8) is 0 Å². The van der Waals surface area contributed by atoms with E-state index in [0.717, 1.165) is 25.2 Å². The van der Waals surface area contributed by atoms with Crippen LogP contribution in [0.3, 0.4) is 0 Å². The lowest BCUT2D eigenvalue weighted by atomic mass is 9.82. The van der Waals surface area contributed by atoms with Gasteiger partial charge in [-0.1, -0.05) is 33.8 Å². The number of hydrogen-bond acceptors (Lipinski definition) is 2. The van der Waals surface area contributed by atoms with Gasteiger partial charge in [0.15, 0.2) is 0 Å². The summed E-state index contributed by atoms with van der Waals surface area (Å²) in [6, 6.07) is 4.68. The van der Waals surface area contributed by atoms with Crippen LogP contribution in [0.1, 0.15) is 51.8 Å². The van der Waals surface area contributed by atoms with Gasteiger partial charge in [0.1, 0.15) is 0 Å². The summed E-state index contributed by atoms with van der Waals surface area (Å²) in [4.78, 5) is 1.46. The third-order valence-corrected chi connectivity index (χ3v) is 3.94. The van der Waals surface area contributed by atoms with Crippen LogP contribution in [0, 0.1) is 11.3 Å². The van der Waals surface area contributed by atoms with E-state index in [-0.39, 0.29) is 0 Å². The predicted molar refractivity (Wildman–Crippen MR) is 78.5 cm³/mol. The van der Waals surface area contributed by atoms with Gasteiger partial charge < -0.3 is 5.73 Å². The van der Waals surface area contributed by atoms with Crippen molar-refractivity contribution < 1.29 is 0 Å². The predicted octanol–water partition coefficient (Wildman–Crippen LogP) is 4.47. The molecule has 0 aliphatic rings. The molecule has 17 heavy (non-hydrogen) atoms. The van der Waals surface area contributed by atoms with Gasteiger partial charge in [0.25, 0.3) is 0 Å². The fraction of sp³-hybridized carbons (Fsp3) is 0.733. The van der Waals surface area contributed by atoms with Crippen LogP contribution in [-0.2, 0) is 6.42 Å². The Morgan fingerprint density at radius 3 is 2.59 bits per heavy atom. The Hall–Kier alpha value is -0.340. The molecular weight excluding hydrogens is 226 g/mol. The lowest BCUT2D eigenvalue weighted by molar-refractivity contribution is 0.283. The van der Waals surface area contributed by atoms with E-state index in [2.05, 4.69) is 45.2 Å². The molecule has 98 valence electrons. The molecule has 0 saturated heterocycles. The van der Waals surface area contributed by atoms with E-state index in [0.29, 0.717) is 11.5 Å². The van der Waals surface area contributed by atoms with Gasteiger partial charge >= 0.3 is 0 Å². The molecule has 0 aliphatic carbocycles. The molecule has 2 unspecified atom stereocenters. The molecule has 0 aromatic carbocycles. The van der Waals surface area contributed by atoms with E-state index < -0.39 is 0 Å². The van der Waals surface area contributed by atoms with Crippen LogP contribution >= 0.6 is 11.3 Å². The molecule has 2 heteroatoms. The first kappa shape index (κ1) is 14.7. The Balaban J connectivity index is 2.22. The highest BCUT2D eigenvalue weighted by Crippen LogP contribution is 2.27. The van der Waals surface area contributed by atoms with E-state index in [1.54, 1.807) is 0 Å². The first-order valence-electron chi connectivity index (χ1n) is 6.65. The molecule has 0 spiro atoms. The Morgan fingerprint density at radius 1 is 1.35 bits per heavy atom. The summed E-state index contributed by atoms with van der Waals surface area (Å²) in [5.41, 5.74) is 6.64. The maximum atomic E-state index is 6.21. The molecule has 0 amide bonds. The third kappa shape index (κ3) is 6.85. The molecule has 0 aliphatic heterocycles. The minimum absolute atomic E-state index is 0.356. The second-order valence-corrected chi connectivity index (χ2v) is 7.52. The fourth-order valence-corrected chi connectivity index (χ4v) is 3.27. The SMILES string of the molecule is CC(CC(N)CCc1cccs1)CC(C)(C)C. The summed E-state index contributed by atoms with van der Waals surface area (Å²) in [5, 5.41) is 2.14. The number of nitrogens with two attached hydrogens (primary N) is 1. The lowest BCUT2D eigenvalue weighted by Gasteiger charge is -2.25. The number of rotatable bonds is 6. The van der Waals surface area contributed by atoms with Crippen LogP contribution in [-0.4, -0.2) is 6.04 Å². The minimum atomic E-state index is 0.356. The summed E-state index contributed by atoms with van der Waals surface area (Å²) in [6.45, 7) is 9.25. The van der Waals surface area contributed by atoms with Crippen LogP contribution < -0.4 is 5.73 Å². The highest BCUT2D eigenvalue weighted by atomic mass is 32.1. The van der Waals surface area contributed by atoms with E-state index >= 15 is 0 Å². The van der Waals surface area contributed by atoms with E-state index in [4.69, 9.17) is 5.73 Å². The van der Waals surface area contributed by atoms with Crippen LogP contribution in [0.4, 0.5) is 0 Å². The lowest BCUT2D eigenvalue weighted by Crippen LogP contribution is -2.25. The average Bonchev–Trinajstić information content (AvgIpc) is 2.63. The topological polar surface area (TPSA) is 26.0 Å². The van der Waals surface area contributed by atoms with Crippen LogP contribution in [0.25, 0.3) is 0 Å². The number of aryl methyl sites for hydroxylation is 1. The summed E-state index contributed by atoms with van der Waals surface area (Å²) in [7, 11) is 0. The molecule has 2 atom stereocenters. The van der Waals surface area contributed by atoms with Crippen molar-refractivity contribution in [1.82, 2.24) is 0 Å². The van der Waals surface area contributed by atoms with Crippen LogP contribution in [0.5, 0.6) is 0 Å². The smallest absolute Gasteiger partial charge is 0.00458 e. The molecule has 0 fully saturated rings. The molecule has 0 bridgehead atoms. The maximum absolute atomic E-state index is 6.21. The molecule has 1 aromatic heterocycles. The van der Waals surface area contributed by atoms with Gasteiger partial charge in [-0.15, -0.1) is 11.3 Å². The van der Waals surface area contributed by atoms with Crippen LogP contribution in [0.15, 0.2) is 17.5 Å². The van der Waals surface area contributed by atoms with Crippen molar-refractivity contribution in [2.75, 3.05) is 0 Å². The first-order valence-corrected chi connectivity index (χ1v) is 7.53. The summed E-state index contributed by atoms with van der Waals surface area (Å²) < 4.78 is 0. The second kappa shape index (κ2) is 6.55. The molecule has 1 rings (SSSR count). The zero-order chi connectivity index (χ0) is 12.9. The minimum Gasteiger partial charge on any atom is -0.328 e. The van der Waals surface area contributed by atoms with Gasteiger partial charge in [0.05, 0.1) is 0 Å². The molecule has 1 nitrogen and oxygen atoms in total. The molecular formula is C15H27NS. The largest absolute Gasteiger partial charge is 0.328 e. The van der Waals surface area contributed by atoms with Crippen molar-refractivity contribution in [2.45, 2.75) is 59.4 Å². The monoisotopic (exact) mass is 253 g/mol. The standard InChI is InChI=1S/C15H27NS/c1-12(11-15(2,3)4)10-13(16)7-8-14-6-5-9-17-14/h5-6,9,12-13H,7-8,10-11,16H2,1-4H3. The summed E-state index contributed by atoms with van der Waals surface area (Å²) in [5.74, 6) is 0.730. The van der Waals surface area contributed by atoms with Crippen molar-refractivity contribution in [2.24, 2.45) is 17.1 Å². The Bertz CT molecular complexity index is 297. The van der Waals surface area contributed by atoms with Gasteiger partial charge in [-0.25, -0.2) is 0 Å². The second-order valence-electron chi connectivity index (χ2n) is 6.48. The maximum Gasteiger partial charge on any atom is 0.00458 e. The zero-order valence-corrected chi connectivity index (χ0v) is 12.5. The van der Waals surface area contributed by atoms with Gasteiger partial charge in [0, 0.05) is 10.9 Å². The van der Waals surface area contributed by atoms with E-state index in [1.165, 1.54) is 11.3 Å². The first-order chi connectivity index (χ1) is 7.87.